The number of rotatable bonds is 6. The number of H-pyrrole nitrogens is 1. The predicted molar refractivity (Wildman–Crippen MR) is 124 cm³/mol. The minimum Gasteiger partial charge on any atom is -0.483 e. The molecule has 0 unspecified atom stereocenters. The van der Waals surface area contributed by atoms with Gasteiger partial charge in [-0.2, -0.15) is 5.26 Å². The van der Waals surface area contributed by atoms with Gasteiger partial charge in [0.05, 0.1) is 16.6 Å². The van der Waals surface area contributed by atoms with Crippen LogP contribution in [0.25, 0.3) is 22.7 Å². The highest BCUT2D eigenvalue weighted by molar-refractivity contribution is 9.10. The second kappa shape index (κ2) is 9.28. The maximum Gasteiger partial charge on any atom is 0.262 e. The summed E-state index contributed by atoms with van der Waals surface area (Å²) in [5, 5.41) is 12.5. The van der Waals surface area contributed by atoms with Crippen LogP contribution in [-0.2, 0) is 4.79 Å². The van der Waals surface area contributed by atoms with Crippen molar-refractivity contribution >= 4 is 50.2 Å². The van der Waals surface area contributed by atoms with Crippen LogP contribution < -0.4 is 10.1 Å². The number of hydrogen-bond acceptors (Lipinski definition) is 4. The van der Waals surface area contributed by atoms with E-state index in [0.29, 0.717) is 28.4 Å². The Kier molecular flexibility index (Phi) is 6.11. The molecule has 0 fully saturated rings. The molecule has 0 saturated carbocycles. The molecule has 152 valence electrons. The quantitative estimate of drug-likeness (QED) is 0.367. The SMILES string of the molecule is N#C/C(=C\c1cc(Br)ccc1OCC(=O)Nc1ccccc1)c1nc2ccccc2[nH]1. The zero-order chi connectivity index (χ0) is 21.6. The molecule has 0 aliphatic heterocycles. The molecule has 1 aromatic heterocycles. The second-order valence-corrected chi connectivity index (χ2v) is 7.57. The van der Waals surface area contributed by atoms with E-state index in [-0.39, 0.29) is 12.5 Å². The third-order valence-electron chi connectivity index (χ3n) is 4.45. The van der Waals surface area contributed by atoms with Gasteiger partial charge in [0.25, 0.3) is 5.91 Å². The average molecular weight is 473 g/mol. The number of para-hydroxylation sites is 3. The summed E-state index contributed by atoms with van der Waals surface area (Å²) < 4.78 is 6.57. The number of fused-ring (bicyclic) bond motifs is 1. The summed E-state index contributed by atoms with van der Waals surface area (Å²) >= 11 is 3.45. The van der Waals surface area contributed by atoms with E-state index in [1.54, 1.807) is 24.3 Å². The Morgan fingerprint density at radius 3 is 2.68 bits per heavy atom. The van der Waals surface area contributed by atoms with Crippen molar-refractivity contribution in [1.82, 2.24) is 9.97 Å². The highest BCUT2D eigenvalue weighted by Gasteiger charge is 2.11. The van der Waals surface area contributed by atoms with Crippen molar-refractivity contribution < 1.29 is 9.53 Å². The van der Waals surface area contributed by atoms with Crippen LogP contribution in [0.5, 0.6) is 5.75 Å². The second-order valence-electron chi connectivity index (χ2n) is 6.66. The number of ether oxygens (including phenoxy) is 1. The Hall–Kier alpha value is -3.89. The Morgan fingerprint density at radius 2 is 1.90 bits per heavy atom. The zero-order valence-electron chi connectivity index (χ0n) is 16.3. The molecule has 0 aliphatic rings. The number of nitrogens with one attached hydrogen (secondary N) is 2. The van der Waals surface area contributed by atoms with E-state index in [1.807, 2.05) is 54.6 Å². The van der Waals surface area contributed by atoms with Crippen LogP contribution >= 0.6 is 15.9 Å². The Balaban J connectivity index is 1.57. The number of benzene rings is 3. The monoisotopic (exact) mass is 472 g/mol. The molecule has 0 spiro atoms. The van der Waals surface area contributed by atoms with Crippen LogP contribution in [-0.4, -0.2) is 22.5 Å². The minimum atomic E-state index is -0.276. The number of aromatic amines is 1. The van der Waals surface area contributed by atoms with Gasteiger partial charge < -0.3 is 15.0 Å². The Bertz CT molecular complexity index is 1270. The van der Waals surface area contributed by atoms with Crippen molar-refractivity contribution in [3.05, 3.63) is 88.7 Å². The van der Waals surface area contributed by atoms with Crippen molar-refractivity contribution in [2.45, 2.75) is 0 Å². The molecular weight excluding hydrogens is 456 g/mol. The molecule has 0 atom stereocenters. The van der Waals surface area contributed by atoms with Crippen molar-refractivity contribution in [2.75, 3.05) is 11.9 Å². The van der Waals surface area contributed by atoms with Crippen LogP contribution in [0.2, 0.25) is 0 Å². The summed E-state index contributed by atoms with van der Waals surface area (Å²) in [6.45, 7) is -0.163. The highest BCUT2D eigenvalue weighted by atomic mass is 79.9. The summed E-state index contributed by atoms with van der Waals surface area (Å²) in [6.07, 6.45) is 1.69. The molecule has 0 radical (unpaired) electrons. The third kappa shape index (κ3) is 5.00. The van der Waals surface area contributed by atoms with Crippen LogP contribution in [0.1, 0.15) is 11.4 Å². The Morgan fingerprint density at radius 1 is 1.13 bits per heavy atom. The van der Waals surface area contributed by atoms with Crippen molar-refractivity contribution in [2.24, 2.45) is 0 Å². The number of amides is 1. The zero-order valence-corrected chi connectivity index (χ0v) is 17.9. The first kappa shape index (κ1) is 20.4. The smallest absolute Gasteiger partial charge is 0.262 e. The molecular formula is C24H17BrN4O2. The molecule has 4 rings (SSSR count). The average Bonchev–Trinajstić information content (AvgIpc) is 3.21. The van der Waals surface area contributed by atoms with Crippen molar-refractivity contribution in [1.29, 1.82) is 5.26 Å². The Labute approximate surface area is 187 Å². The van der Waals surface area contributed by atoms with Gasteiger partial charge in [0.15, 0.2) is 6.61 Å². The summed E-state index contributed by atoms with van der Waals surface area (Å²) in [4.78, 5) is 19.9. The molecule has 4 aromatic rings. The fourth-order valence-electron chi connectivity index (χ4n) is 3.01. The number of allylic oxidation sites excluding steroid dienone is 1. The summed E-state index contributed by atoms with van der Waals surface area (Å²) in [7, 11) is 0. The molecule has 1 heterocycles. The molecule has 31 heavy (non-hydrogen) atoms. The van der Waals surface area contributed by atoms with Gasteiger partial charge in [-0.1, -0.05) is 46.3 Å². The van der Waals surface area contributed by atoms with Crippen LogP contribution in [0, 0.1) is 11.3 Å². The van der Waals surface area contributed by atoms with Gasteiger partial charge in [-0.05, 0) is 48.5 Å². The number of halogens is 1. The summed E-state index contributed by atoms with van der Waals surface area (Å²) in [5.74, 6) is 0.675. The van der Waals surface area contributed by atoms with E-state index in [9.17, 15) is 10.1 Å². The minimum absolute atomic E-state index is 0.163. The lowest BCUT2D eigenvalue weighted by Crippen LogP contribution is -2.20. The van der Waals surface area contributed by atoms with Gasteiger partial charge in [0.1, 0.15) is 17.6 Å². The number of carbonyl (C=O) groups excluding carboxylic acids is 1. The standard InChI is InChI=1S/C24H17BrN4O2/c25-18-10-11-22(31-15-23(30)27-19-6-2-1-3-7-19)16(13-18)12-17(14-26)24-28-20-8-4-5-9-21(20)29-24/h1-13H,15H2,(H,27,30)(H,28,29)/b17-12+. The first-order valence-electron chi connectivity index (χ1n) is 9.46. The number of carbonyl (C=O) groups is 1. The van der Waals surface area contributed by atoms with Crippen LogP contribution in [0.3, 0.4) is 0 Å². The molecule has 2 N–H and O–H groups in total. The number of aromatic nitrogens is 2. The van der Waals surface area contributed by atoms with E-state index in [2.05, 4.69) is 37.3 Å². The first-order chi connectivity index (χ1) is 15.1. The molecule has 3 aromatic carbocycles. The lowest BCUT2D eigenvalue weighted by Gasteiger charge is -2.10. The van der Waals surface area contributed by atoms with Gasteiger partial charge in [-0.25, -0.2) is 4.98 Å². The largest absolute Gasteiger partial charge is 0.483 e. The predicted octanol–water partition coefficient (Wildman–Crippen LogP) is 5.41. The highest BCUT2D eigenvalue weighted by Crippen LogP contribution is 2.28. The van der Waals surface area contributed by atoms with E-state index in [0.717, 1.165) is 15.5 Å². The first-order valence-corrected chi connectivity index (χ1v) is 10.3. The maximum atomic E-state index is 12.2. The lowest BCUT2D eigenvalue weighted by molar-refractivity contribution is -0.118. The topological polar surface area (TPSA) is 90.8 Å². The number of nitrogens with zero attached hydrogens (tertiary/aromatic N) is 2. The van der Waals surface area contributed by atoms with E-state index in [1.165, 1.54) is 0 Å². The molecule has 1 amide bonds. The van der Waals surface area contributed by atoms with Crippen molar-refractivity contribution in [3.63, 3.8) is 0 Å². The third-order valence-corrected chi connectivity index (χ3v) is 4.95. The number of imidazole rings is 1. The fraction of sp³-hybridized carbons (Fsp3) is 0.0417. The van der Waals surface area contributed by atoms with Gasteiger partial charge in [0, 0.05) is 15.7 Å². The van der Waals surface area contributed by atoms with E-state index < -0.39 is 0 Å². The fourth-order valence-corrected chi connectivity index (χ4v) is 3.39. The number of anilines is 1. The molecule has 0 saturated heterocycles. The summed E-state index contributed by atoms with van der Waals surface area (Å²) in [5.41, 5.74) is 3.33. The molecule has 0 bridgehead atoms. The van der Waals surface area contributed by atoms with Gasteiger partial charge in [0.2, 0.25) is 0 Å². The normalized spacial score (nSPS) is 11.2. The van der Waals surface area contributed by atoms with Crippen LogP contribution in [0.15, 0.2) is 77.3 Å². The molecule has 0 aliphatic carbocycles. The lowest BCUT2D eigenvalue weighted by atomic mass is 10.1. The number of nitriles is 1. The van der Waals surface area contributed by atoms with Crippen LogP contribution in [0.4, 0.5) is 5.69 Å². The van der Waals surface area contributed by atoms with Gasteiger partial charge in [-0.3, -0.25) is 4.79 Å². The van der Waals surface area contributed by atoms with Crippen molar-refractivity contribution in [3.8, 4) is 11.8 Å². The van der Waals surface area contributed by atoms with Gasteiger partial charge >= 0.3 is 0 Å². The van der Waals surface area contributed by atoms with Gasteiger partial charge in [-0.15, -0.1) is 0 Å². The molecule has 7 heteroatoms. The van der Waals surface area contributed by atoms with E-state index >= 15 is 0 Å². The summed E-state index contributed by atoms with van der Waals surface area (Å²) in [6, 6.07) is 24.3. The maximum absolute atomic E-state index is 12.2. The number of hydrogen-bond donors (Lipinski definition) is 2. The van der Waals surface area contributed by atoms with E-state index in [4.69, 9.17) is 4.74 Å². The molecule has 6 nitrogen and oxygen atoms in total.